The van der Waals surface area contributed by atoms with Crippen LogP contribution in [0.5, 0.6) is 5.75 Å². The van der Waals surface area contributed by atoms with Gasteiger partial charge in [-0.15, -0.1) is 0 Å². The van der Waals surface area contributed by atoms with Crippen LogP contribution in [-0.2, 0) is 0 Å². The van der Waals surface area contributed by atoms with Crippen molar-refractivity contribution in [3.8, 4) is 11.8 Å². The lowest BCUT2D eigenvalue weighted by atomic mass is 10.1. The number of ether oxygens (including phenoxy) is 1. The Morgan fingerprint density at radius 3 is 2.71 bits per heavy atom. The highest BCUT2D eigenvalue weighted by molar-refractivity contribution is 6.34. The van der Waals surface area contributed by atoms with Crippen molar-refractivity contribution >= 4 is 23.2 Å². The summed E-state index contributed by atoms with van der Waals surface area (Å²) in [5.41, 5.74) is 0.440. The molecule has 0 aliphatic rings. The Balaban J connectivity index is 2.28. The van der Waals surface area contributed by atoms with Gasteiger partial charge in [-0.3, -0.25) is 4.79 Å². The second-order valence-corrected chi connectivity index (χ2v) is 4.51. The Kier molecular flexibility index (Phi) is 4.41. The highest BCUT2D eigenvalue weighted by Crippen LogP contribution is 2.24. The fourth-order valence-corrected chi connectivity index (χ4v) is 1.85. The first-order valence-electron chi connectivity index (χ1n) is 5.89. The molecule has 0 bridgehead atoms. The van der Waals surface area contributed by atoms with Crippen LogP contribution < -0.4 is 10.1 Å². The van der Waals surface area contributed by atoms with E-state index in [1.165, 1.54) is 37.4 Å². The van der Waals surface area contributed by atoms with E-state index in [9.17, 15) is 9.18 Å². The number of hydrogen-bond acceptors (Lipinski definition) is 3. The van der Waals surface area contributed by atoms with Gasteiger partial charge in [0.15, 0.2) is 0 Å². The van der Waals surface area contributed by atoms with Crippen LogP contribution in [0.4, 0.5) is 10.1 Å². The number of carbonyl (C=O) groups excluding carboxylic acids is 1. The van der Waals surface area contributed by atoms with Gasteiger partial charge in [-0.2, -0.15) is 5.26 Å². The maximum absolute atomic E-state index is 13.8. The van der Waals surface area contributed by atoms with Crippen LogP contribution in [0, 0.1) is 17.1 Å². The molecule has 1 N–H and O–H groups in total. The normalized spacial score (nSPS) is 9.81. The number of benzene rings is 2. The van der Waals surface area contributed by atoms with Gasteiger partial charge in [0.25, 0.3) is 5.91 Å². The molecule has 2 aromatic carbocycles. The highest BCUT2D eigenvalue weighted by Gasteiger charge is 2.14. The molecule has 1 amide bonds. The third-order valence-electron chi connectivity index (χ3n) is 2.76. The van der Waals surface area contributed by atoms with E-state index in [1.807, 2.05) is 6.07 Å². The average molecular weight is 305 g/mol. The van der Waals surface area contributed by atoms with Crippen molar-refractivity contribution in [3.05, 3.63) is 58.4 Å². The summed E-state index contributed by atoms with van der Waals surface area (Å²) in [5, 5.41) is 11.6. The number of rotatable bonds is 3. The van der Waals surface area contributed by atoms with Crippen molar-refractivity contribution in [2.75, 3.05) is 12.4 Å². The topological polar surface area (TPSA) is 62.1 Å². The number of nitrogens with zero attached hydrogens (tertiary/aromatic N) is 1. The summed E-state index contributed by atoms with van der Waals surface area (Å²) in [7, 11) is 1.40. The zero-order valence-electron chi connectivity index (χ0n) is 11.0. The summed E-state index contributed by atoms with van der Waals surface area (Å²) in [4.78, 5) is 12.1. The molecule has 4 nitrogen and oxygen atoms in total. The smallest absolute Gasteiger partial charge is 0.258 e. The molecular weight excluding hydrogens is 295 g/mol. The minimum absolute atomic E-state index is 0.144. The van der Waals surface area contributed by atoms with Gasteiger partial charge in [0, 0.05) is 6.07 Å². The Morgan fingerprint density at radius 1 is 1.33 bits per heavy atom. The molecule has 21 heavy (non-hydrogen) atoms. The monoisotopic (exact) mass is 304 g/mol. The Bertz CT molecular complexity index is 741. The van der Waals surface area contributed by atoms with Gasteiger partial charge < -0.3 is 10.1 Å². The summed E-state index contributed by atoms with van der Waals surface area (Å²) in [6.07, 6.45) is 0. The van der Waals surface area contributed by atoms with E-state index in [1.54, 1.807) is 0 Å². The van der Waals surface area contributed by atoms with Gasteiger partial charge in [-0.25, -0.2) is 4.39 Å². The van der Waals surface area contributed by atoms with Crippen LogP contribution in [0.2, 0.25) is 5.02 Å². The number of hydrogen-bond donors (Lipinski definition) is 1. The van der Waals surface area contributed by atoms with E-state index in [0.29, 0.717) is 11.3 Å². The van der Waals surface area contributed by atoms with Crippen molar-refractivity contribution in [2.24, 2.45) is 0 Å². The van der Waals surface area contributed by atoms with Crippen LogP contribution >= 0.6 is 11.6 Å². The highest BCUT2D eigenvalue weighted by atomic mass is 35.5. The standard InChI is InChI=1S/C15H10ClFN2O2/c1-21-10-3-4-11(13(17)7-10)15(20)19-14-6-9(8-18)2-5-12(14)16/h2-7H,1H3,(H,19,20). The summed E-state index contributed by atoms with van der Waals surface area (Å²) in [6.45, 7) is 0. The number of halogens is 2. The second-order valence-electron chi connectivity index (χ2n) is 4.11. The molecule has 2 rings (SSSR count). The van der Waals surface area contributed by atoms with E-state index < -0.39 is 11.7 Å². The minimum atomic E-state index is -0.709. The molecule has 0 aromatic heterocycles. The fraction of sp³-hybridized carbons (Fsp3) is 0.0667. The van der Waals surface area contributed by atoms with E-state index in [0.717, 1.165) is 6.07 Å². The number of nitrogens with one attached hydrogen (secondary N) is 1. The van der Waals surface area contributed by atoms with Crippen molar-refractivity contribution < 1.29 is 13.9 Å². The first-order valence-corrected chi connectivity index (χ1v) is 6.27. The zero-order chi connectivity index (χ0) is 15.4. The lowest BCUT2D eigenvalue weighted by Crippen LogP contribution is -2.14. The minimum Gasteiger partial charge on any atom is -0.497 e. The van der Waals surface area contributed by atoms with Crippen molar-refractivity contribution in [3.63, 3.8) is 0 Å². The summed E-state index contributed by atoms with van der Waals surface area (Å²) < 4.78 is 18.7. The van der Waals surface area contributed by atoms with Crippen molar-refractivity contribution in [2.45, 2.75) is 0 Å². The second kappa shape index (κ2) is 6.25. The lowest BCUT2D eigenvalue weighted by molar-refractivity contribution is 0.102. The first kappa shape index (κ1) is 14.8. The first-order chi connectivity index (χ1) is 10.0. The molecule has 0 saturated carbocycles. The summed E-state index contributed by atoms with van der Waals surface area (Å²) in [5.74, 6) is -1.06. The van der Waals surface area contributed by atoms with Gasteiger partial charge in [-0.1, -0.05) is 11.6 Å². The predicted octanol–water partition coefficient (Wildman–Crippen LogP) is 3.61. The molecule has 0 unspecified atom stereocenters. The maximum Gasteiger partial charge on any atom is 0.258 e. The average Bonchev–Trinajstić information content (AvgIpc) is 2.49. The van der Waals surface area contributed by atoms with Crippen LogP contribution in [0.3, 0.4) is 0 Å². The SMILES string of the molecule is COc1ccc(C(=O)Nc2cc(C#N)ccc2Cl)c(F)c1. The van der Waals surface area contributed by atoms with Gasteiger partial charge >= 0.3 is 0 Å². The molecule has 0 heterocycles. The molecule has 0 spiro atoms. The predicted molar refractivity (Wildman–Crippen MR) is 77.1 cm³/mol. The zero-order valence-corrected chi connectivity index (χ0v) is 11.7. The van der Waals surface area contributed by atoms with Gasteiger partial charge in [0.2, 0.25) is 0 Å². The Hall–Kier alpha value is -2.58. The van der Waals surface area contributed by atoms with Gasteiger partial charge in [0.05, 0.1) is 35.0 Å². The van der Waals surface area contributed by atoms with Crippen LogP contribution in [0.15, 0.2) is 36.4 Å². The fourth-order valence-electron chi connectivity index (χ4n) is 1.69. The number of nitriles is 1. The van der Waals surface area contributed by atoms with Gasteiger partial charge in [0.1, 0.15) is 11.6 Å². The van der Waals surface area contributed by atoms with E-state index >= 15 is 0 Å². The summed E-state index contributed by atoms with van der Waals surface area (Å²) in [6, 6.07) is 10.3. The van der Waals surface area contributed by atoms with Gasteiger partial charge in [-0.05, 0) is 30.3 Å². The Morgan fingerprint density at radius 2 is 2.10 bits per heavy atom. The molecule has 0 radical (unpaired) electrons. The largest absolute Gasteiger partial charge is 0.497 e. The third kappa shape index (κ3) is 3.30. The quantitative estimate of drug-likeness (QED) is 0.942. The molecular formula is C15H10ClFN2O2. The molecule has 0 aliphatic carbocycles. The van der Waals surface area contributed by atoms with E-state index in [4.69, 9.17) is 21.6 Å². The summed E-state index contributed by atoms with van der Waals surface area (Å²) >= 11 is 5.93. The van der Waals surface area contributed by atoms with E-state index in [-0.39, 0.29) is 16.3 Å². The molecule has 0 atom stereocenters. The van der Waals surface area contributed by atoms with Crippen LogP contribution in [0.25, 0.3) is 0 Å². The van der Waals surface area contributed by atoms with Crippen molar-refractivity contribution in [1.82, 2.24) is 0 Å². The molecule has 0 aliphatic heterocycles. The molecule has 2 aromatic rings. The lowest BCUT2D eigenvalue weighted by Gasteiger charge is -2.09. The number of anilines is 1. The molecule has 6 heteroatoms. The van der Waals surface area contributed by atoms with Crippen LogP contribution in [0.1, 0.15) is 15.9 Å². The number of carbonyl (C=O) groups is 1. The Labute approximate surface area is 125 Å². The molecule has 106 valence electrons. The number of amides is 1. The molecule has 0 fully saturated rings. The maximum atomic E-state index is 13.8. The van der Waals surface area contributed by atoms with Crippen LogP contribution in [-0.4, -0.2) is 13.0 Å². The van der Waals surface area contributed by atoms with Crippen molar-refractivity contribution in [1.29, 1.82) is 5.26 Å². The van der Waals surface area contributed by atoms with E-state index in [2.05, 4.69) is 5.32 Å². The third-order valence-corrected chi connectivity index (χ3v) is 3.09. The number of methoxy groups -OCH3 is 1. The molecule has 0 saturated heterocycles.